The van der Waals surface area contributed by atoms with Crippen molar-refractivity contribution in [2.75, 3.05) is 13.7 Å². The molecule has 1 aliphatic rings. The van der Waals surface area contributed by atoms with Crippen LogP contribution in [-0.2, 0) is 19.7 Å². The average Bonchev–Trinajstić information content (AvgIpc) is 3.18. The maximum atomic E-state index is 12.5. The molecular formula is C16H21NO4. The molecule has 1 unspecified atom stereocenters. The van der Waals surface area contributed by atoms with Gasteiger partial charge in [0, 0.05) is 7.11 Å². The van der Waals surface area contributed by atoms with E-state index < -0.39 is 17.4 Å². The van der Waals surface area contributed by atoms with E-state index in [-0.39, 0.29) is 12.5 Å². The van der Waals surface area contributed by atoms with Crippen molar-refractivity contribution in [3.63, 3.8) is 0 Å². The van der Waals surface area contributed by atoms with E-state index in [1.54, 1.807) is 0 Å². The van der Waals surface area contributed by atoms with Gasteiger partial charge in [-0.25, -0.2) is 4.79 Å². The van der Waals surface area contributed by atoms with Crippen molar-refractivity contribution in [2.45, 2.75) is 38.1 Å². The van der Waals surface area contributed by atoms with E-state index >= 15 is 0 Å². The Morgan fingerprint density at radius 2 is 1.86 bits per heavy atom. The Balaban J connectivity index is 2.19. The van der Waals surface area contributed by atoms with Crippen LogP contribution in [0.5, 0.6) is 0 Å². The molecule has 0 aromatic heterocycles. The summed E-state index contributed by atoms with van der Waals surface area (Å²) < 4.78 is 4.85. The van der Waals surface area contributed by atoms with E-state index in [2.05, 4.69) is 11.4 Å². The number of carboxylic acids is 1. The third-order valence-electron chi connectivity index (χ3n) is 3.90. The van der Waals surface area contributed by atoms with E-state index in [1.165, 1.54) is 7.11 Å². The Hall–Kier alpha value is -1.88. The van der Waals surface area contributed by atoms with Crippen LogP contribution < -0.4 is 5.32 Å². The minimum Gasteiger partial charge on any atom is -0.480 e. The zero-order valence-corrected chi connectivity index (χ0v) is 12.6. The number of carbonyl (C=O) groups is 2. The van der Waals surface area contributed by atoms with Crippen LogP contribution in [0.3, 0.4) is 0 Å². The van der Waals surface area contributed by atoms with Crippen molar-refractivity contribution >= 4 is 11.9 Å². The number of aliphatic carboxylic acids is 1. The van der Waals surface area contributed by atoms with E-state index in [1.807, 2.05) is 26.0 Å². The lowest BCUT2D eigenvalue weighted by atomic mass is 9.91. The molecule has 1 saturated carbocycles. The van der Waals surface area contributed by atoms with E-state index in [0.717, 1.165) is 29.5 Å². The fourth-order valence-electron chi connectivity index (χ4n) is 2.66. The summed E-state index contributed by atoms with van der Waals surface area (Å²) in [7, 11) is 1.42. The molecule has 114 valence electrons. The van der Waals surface area contributed by atoms with Crippen molar-refractivity contribution in [3.8, 4) is 0 Å². The summed E-state index contributed by atoms with van der Waals surface area (Å²) in [6.45, 7) is 3.95. The standard InChI is InChI=1S/C16H21NO4/c1-10-6-11(2)8-12(7-10)16(4-5-16)15(20)17-13(9-21-3)14(18)19/h6-8,13H,4-5,9H2,1-3H3,(H,17,20)(H,18,19). The molecule has 1 amide bonds. The second kappa shape index (κ2) is 5.85. The largest absolute Gasteiger partial charge is 0.480 e. The Bertz CT molecular complexity index is 543. The van der Waals surface area contributed by atoms with Crippen LogP contribution in [0.15, 0.2) is 18.2 Å². The summed E-state index contributed by atoms with van der Waals surface area (Å²) in [4.78, 5) is 23.6. The number of carboxylic acid groups (broad SMARTS) is 1. The summed E-state index contributed by atoms with van der Waals surface area (Å²) in [6, 6.07) is 5.06. The predicted octanol–water partition coefficient (Wildman–Crippen LogP) is 1.55. The topological polar surface area (TPSA) is 75.6 Å². The van der Waals surface area contributed by atoms with Crippen LogP contribution in [0, 0.1) is 13.8 Å². The number of nitrogens with one attached hydrogen (secondary N) is 1. The number of carbonyl (C=O) groups excluding carboxylic acids is 1. The van der Waals surface area contributed by atoms with Crippen molar-refractivity contribution in [2.24, 2.45) is 0 Å². The second-order valence-electron chi connectivity index (χ2n) is 5.78. The SMILES string of the molecule is COCC(NC(=O)C1(c2cc(C)cc(C)c2)CC1)C(=O)O. The number of rotatable bonds is 6. The molecule has 0 heterocycles. The molecule has 1 aromatic rings. The lowest BCUT2D eigenvalue weighted by molar-refractivity contribution is -0.143. The molecule has 0 saturated heterocycles. The molecule has 5 heteroatoms. The highest BCUT2D eigenvalue weighted by Crippen LogP contribution is 2.48. The van der Waals surface area contributed by atoms with Gasteiger partial charge in [-0.15, -0.1) is 0 Å². The molecule has 1 aliphatic carbocycles. The van der Waals surface area contributed by atoms with Crippen LogP contribution in [0.4, 0.5) is 0 Å². The van der Waals surface area contributed by atoms with Gasteiger partial charge >= 0.3 is 5.97 Å². The zero-order valence-electron chi connectivity index (χ0n) is 12.6. The summed E-state index contributed by atoms with van der Waals surface area (Å²) in [5.41, 5.74) is 2.61. The van der Waals surface area contributed by atoms with Gasteiger partial charge in [-0.3, -0.25) is 4.79 Å². The van der Waals surface area contributed by atoms with Crippen molar-refractivity contribution in [3.05, 3.63) is 34.9 Å². The monoisotopic (exact) mass is 291 g/mol. The lowest BCUT2D eigenvalue weighted by Gasteiger charge is -2.20. The van der Waals surface area contributed by atoms with E-state index in [4.69, 9.17) is 9.84 Å². The molecule has 0 aliphatic heterocycles. The highest BCUT2D eigenvalue weighted by Gasteiger charge is 2.52. The molecule has 1 atom stereocenters. The van der Waals surface area contributed by atoms with Crippen LogP contribution in [0.2, 0.25) is 0 Å². The average molecular weight is 291 g/mol. The van der Waals surface area contributed by atoms with Gasteiger partial charge in [-0.1, -0.05) is 29.3 Å². The molecule has 2 rings (SSSR count). The molecule has 0 radical (unpaired) electrons. The first-order valence-corrected chi connectivity index (χ1v) is 7.00. The maximum Gasteiger partial charge on any atom is 0.328 e. The third-order valence-corrected chi connectivity index (χ3v) is 3.90. The van der Waals surface area contributed by atoms with Crippen LogP contribution >= 0.6 is 0 Å². The zero-order chi connectivity index (χ0) is 15.6. The minimum absolute atomic E-state index is 0.0377. The number of hydrogen-bond acceptors (Lipinski definition) is 3. The molecule has 1 fully saturated rings. The Labute approximate surface area is 124 Å². The Morgan fingerprint density at radius 1 is 1.29 bits per heavy atom. The van der Waals surface area contributed by atoms with Crippen molar-refractivity contribution < 1.29 is 19.4 Å². The number of methoxy groups -OCH3 is 1. The number of ether oxygens (including phenoxy) is 1. The molecule has 21 heavy (non-hydrogen) atoms. The van der Waals surface area contributed by atoms with Gasteiger partial charge in [0.1, 0.15) is 0 Å². The molecular weight excluding hydrogens is 270 g/mol. The van der Waals surface area contributed by atoms with Gasteiger partial charge in [-0.2, -0.15) is 0 Å². The van der Waals surface area contributed by atoms with Crippen LogP contribution in [-0.4, -0.2) is 36.7 Å². The fourth-order valence-corrected chi connectivity index (χ4v) is 2.66. The predicted molar refractivity (Wildman–Crippen MR) is 78.3 cm³/mol. The first kappa shape index (κ1) is 15.5. The number of benzene rings is 1. The highest BCUT2D eigenvalue weighted by atomic mass is 16.5. The van der Waals surface area contributed by atoms with Crippen molar-refractivity contribution in [1.82, 2.24) is 5.32 Å². The van der Waals surface area contributed by atoms with Crippen molar-refractivity contribution in [1.29, 1.82) is 0 Å². The first-order chi connectivity index (χ1) is 9.89. The molecule has 0 bridgehead atoms. The van der Waals surface area contributed by atoms with Crippen LogP contribution in [0.25, 0.3) is 0 Å². The number of amides is 1. The summed E-state index contributed by atoms with van der Waals surface area (Å²) in [6.07, 6.45) is 1.50. The van der Waals surface area contributed by atoms with Crippen LogP contribution in [0.1, 0.15) is 29.5 Å². The minimum atomic E-state index is -1.08. The van der Waals surface area contributed by atoms with Gasteiger partial charge in [0.2, 0.25) is 5.91 Å². The fraction of sp³-hybridized carbons (Fsp3) is 0.500. The van der Waals surface area contributed by atoms with Gasteiger partial charge in [0.15, 0.2) is 6.04 Å². The van der Waals surface area contributed by atoms with Gasteiger partial charge in [0.05, 0.1) is 12.0 Å². The smallest absolute Gasteiger partial charge is 0.328 e. The lowest BCUT2D eigenvalue weighted by Crippen LogP contribution is -2.47. The van der Waals surface area contributed by atoms with Gasteiger partial charge in [-0.05, 0) is 32.3 Å². The number of aryl methyl sites for hydroxylation is 2. The summed E-state index contributed by atoms with van der Waals surface area (Å²) in [5, 5.41) is 11.7. The maximum absolute atomic E-state index is 12.5. The summed E-state index contributed by atoms with van der Waals surface area (Å²) >= 11 is 0. The Morgan fingerprint density at radius 3 is 2.29 bits per heavy atom. The van der Waals surface area contributed by atoms with Gasteiger partial charge in [0.25, 0.3) is 0 Å². The van der Waals surface area contributed by atoms with E-state index in [9.17, 15) is 9.59 Å². The first-order valence-electron chi connectivity index (χ1n) is 7.00. The molecule has 5 nitrogen and oxygen atoms in total. The quantitative estimate of drug-likeness (QED) is 0.834. The molecule has 2 N–H and O–H groups in total. The van der Waals surface area contributed by atoms with Gasteiger partial charge < -0.3 is 15.2 Å². The summed E-state index contributed by atoms with van der Waals surface area (Å²) in [5.74, 6) is -1.31. The second-order valence-corrected chi connectivity index (χ2v) is 5.78. The Kier molecular flexibility index (Phi) is 4.32. The molecule has 1 aromatic carbocycles. The van der Waals surface area contributed by atoms with E-state index in [0.29, 0.717) is 0 Å². The molecule has 0 spiro atoms. The normalized spacial score (nSPS) is 17.1. The highest BCUT2D eigenvalue weighted by molar-refractivity contribution is 5.94. The third kappa shape index (κ3) is 3.24. The number of hydrogen-bond donors (Lipinski definition) is 2.